The van der Waals surface area contributed by atoms with Crippen molar-refractivity contribution in [1.29, 1.82) is 0 Å². The van der Waals surface area contributed by atoms with Crippen LogP contribution in [0.1, 0.15) is 48.2 Å². The van der Waals surface area contributed by atoms with Gasteiger partial charge in [-0.25, -0.2) is 0 Å². The number of carbonyl (C=O) groups is 1. The number of Topliss-reactive ketones (excluding diaryl/α,β-unsaturated/α-hetero) is 1. The third-order valence-corrected chi connectivity index (χ3v) is 4.00. The Morgan fingerprint density at radius 1 is 1.18 bits per heavy atom. The first-order valence-electron chi connectivity index (χ1n) is 6.55. The summed E-state index contributed by atoms with van der Waals surface area (Å²) >= 11 is 1.64. The summed E-state index contributed by atoms with van der Waals surface area (Å²) < 4.78 is 0. The quantitative estimate of drug-likeness (QED) is 0.660. The summed E-state index contributed by atoms with van der Waals surface area (Å²) in [7, 11) is 0. The van der Waals surface area contributed by atoms with Gasteiger partial charge >= 0.3 is 0 Å². The molecule has 0 aliphatic carbocycles. The van der Waals surface area contributed by atoms with E-state index < -0.39 is 0 Å². The fourth-order valence-corrected chi connectivity index (χ4v) is 2.78. The van der Waals surface area contributed by atoms with E-state index >= 15 is 0 Å². The van der Waals surface area contributed by atoms with Gasteiger partial charge in [0, 0.05) is 4.88 Å². The zero-order valence-electron chi connectivity index (χ0n) is 11.2. The molecule has 1 rings (SSSR count). The molecule has 0 atom stereocenters. The lowest BCUT2D eigenvalue weighted by atomic mass is 10.2. The summed E-state index contributed by atoms with van der Waals surface area (Å²) in [6.07, 6.45) is 3.24. The standard InChI is InChI=1S/C14H23NOS/c1-4-9-15(10-5-2)11-13(16)14-8-7-12(6-3)17-14/h7-8H,4-6,9-11H2,1-3H3. The first kappa shape index (κ1) is 14.4. The van der Waals surface area contributed by atoms with E-state index in [2.05, 4.69) is 31.7 Å². The molecule has 0 unspecified atom stereocenters. The van der Waals surface area contributed by atoms with E-state index in [0.717, 1.165) is 37.2 Å². The lowest BCUT2D eigenvalue weighted by Crippen LogP contribution is -2.31. The average Bonchev–Trinajstić information content (AvgIpc) is 2.78. The summed E-state index contributed by atoms with van der Waals surface area (Å²) in [5.41, 5.74) is 0. The van der Waals surface area contributed by atoms with Gasteiger partial charge < -0.3 is 0 Å². The fourth-order valence-electron chi connectivity index (χ4n) is 1.90. The Kier molecular flexibility index (Phi) is 6.45. The second-order valence-electron chi connectivity index (χ2n) is 4.32. The van der Waals surface area contributed by atoms with Crippen LogP contribution in [0.25, 0.3) is 0 Å². The molecule has 0 aromatic carbocycles. The molecule has 0 saturated heterocycles. The maximum atomic E-state index is 12.1. The first-order chi connectivity index (χ1) is 8.21. The molecule has 2 nitrogen and oxygen atoms in total. The average molecular weight is 253 g/mol. The molecule has 96 valence electrons. The van der Waals surface area contributed by atoms with Gasteiger partial charge in [0.1, 0.15) is 0 Å². The lowest BCUT2D eigenvalue weighted by Gasteiger charge is -2.19. The van der Waals surface area contributed by atoms with Gasteiger partial charge in [-0.2, -0.15) is 0 Å². The summed E-state index contributed by atoms with van der Waals surface area (Å²) in [6, 6.07) is 4.05. The van der Waals surface area contributed by atoms with Crippen LogP contribution in [0.3, 0.4) is 0 Å². The molecule has 0 bridgehead atoms. The Hall–Kier alpha value is -0.670. The van der Waals surface area contributed by atoms with E-state index in [0.29, 0.717) is 6.54 Å². The van der Waals surface area contributed by atoms with Crippen LogP contribution in [0.5, 0.6) is 0 Å². The van der Waals surface area contributed by atoms with Crippen LogP contribution in [-0.4, -0.2) is 30.3 Å². The molecule has 1 aromatic heterocycles. The van der Waals surface area contributed by atoms with E-state index in [4.69, 9.17) is 0 Å². The minimum atomic E-state index is 0.275. The number of hydrogen-bond donors (Lipinski definition) is 0. The lowest BCUT2D eigenvalue weighted by molar-refractivity contribution is 0.0934. The van der Waals surface area contributed by atoms with Crippen molar-refractivity contribution < 1.29 is 4.79 Å². The molecule has 0 aliphatic rings. The van der Waals surface area contributed by atoms with Gasteiger partial charge in [0.2, 0.25) is 0 Å². The molecule has 0 spiro atoms. The third-order valence-electron chi connectivity index (χ3n) is 2.73. The second kappa shape index (κ2) is 7.62. The fraction of sp³-hybridized carbons (Fsp3) is 0.643. The van der Waals surface area contributed by atoms with Crippen molar-refractivity contribution >= 4 is 17.1 Å². The first-order valence-corrected chi connectivity index (χ1v) is 7.37. The number of aryl methyl sites for hydroxylation is 1. The molecule has 1 aromatic rings. The van der Waals surface area contributed by atoms with Gasteiger partial charge in [0.05, 0.1) is 11.4 Å². The summed E-state index contributed by atoms with van der Waals surface area (Å²) in [5, 5.41) is 0. The highest BCUT2D eigenvalue weighted by molar-refractivity contribution is 7.14. The van der Waals surface area contributed by atoms with Gasteiger partial charge in [0.15, 0.2) is 5.78 Å². The molecule has 1 heterocycles. The number of carbonyl (C=O) groups excluding carboxylic acids is 1. The summed E-state index contributed by atoms with van der Waals surface area (Å²) in [5.74, 6) is 0.275. The minimum absolute atomic E-state index is 0.275. The van der Waals surface area contributed by atoms with Crippen LogP contribution in [0, 0.1) is 0 Å². The molecule has 0 saturated carbocycles. The molecule has 17 heavy (non-hydrogen) atoms. The van der Waals surface area contributed by atoms with Gasteiger partial charge in [-0.15, -0.1) is 11.3 Å². The van der Waals surface area contributed by atoms with Gasteiger partial charge in [-0.1, -0.05) is 20.8 Å². The number of thiophene rings is 1. The van der Waals surface area contributed by atoms with E-state index in [1.54, 1.807) is 11.3 Å². The summed E-state index contributed by atoms with van der Waals surface area (Å²) in [6.45, 7) is 9.06. The number of rotatable bonds is 8. The Bertz CT molecular complexity index is 340. The zero-order valence-corrected chi connectivity index (χ0v) is 12.0. The van der Waals surface area contributed by atoms with Crippen LogP contribution in [0.15, 0.2) is 12.1 Å². The van der Waals surface area contributed by atoms with E-state index in [-0.39, 0.29) is 5.78 Å². The number of hydrogen-bond acceptors (Lipinski definition) is 3. The van der Waals surface area contributed by atoms with Gasteiger partial charge in [0.25, 0.3) is 0 Å². The van der Waals surface area contributed by atoms with Crippen molar-refractivity contribution in [3.63, 3.8) is 0 Å². The smallest absolute Gasteiger partial charge is 0.186 e. The van der Waals surface area contributed by atoms with Crippen molar-refractivity contribution in [3.05, 3.63) is 21.9 Å². The van der Waals surface area contributed by atoms with Crippen LogP contribution >= 0.6 is 11.3 Å². The topological polar surface area (TPSA) is 20.3 Å². The van der Waals surface area contributed by atoms with Crippen LogP contribution in [0.4, 0.5) is 0 Å². The minimum Gasteiger partial charge on any atom is -0.296 e. The van der Waals surface area contributed by atoms with Crippen LogP contribution in [-0.2, 0) is 6.42 Å². The van der Waals surface area contributed by atoms with Crippen molar-refractivity contribution in [2.24, 2.45) is 0 Å². The zero-order chi connectivity index (χ0) is 12.7. The van der Waals surface area contributed by atoms with Gasteiger partial charge in [-0.3, -0.25) is 9.69 Å². The van der Waals surface area contributed by atoms with Crippen molar-refractivity contribution in [2.45, 2.75) is 40.0 Å². The van der Waals surface area contributed by atoms with Crippen LogP contribution < -0.4 is 0 Å². The predicted molar refractivity (Wildman–Crippen MR) is 75.0 cm³/mol. The van der Waals surface area contributed by atoms with Crippen molar-refractivity contribution in [3.8, 4) is 0 Å². The van der Waals surface area contributed by atoms with Gasteiger partial charge in [-0.05, 0) is 44.5 Å². The predicted octanol–water partition coefficient (Wildman–Crippen LogP) is 3.62. The summed E-state index contributed by atoms with van der Waals surface area (Å²) in [4.78, 5) is 16.6. The van der Waals surface area contributed by atoms with E-state index in [1.807, 2.05) is 6.07 Å². The Labute approximate surface area is 109 Å². The molecule has 0 aliphatic heterocycles. The Balaban J connectivity index is 2.56. The van der Waals surface area contributed by atoms with Crippen LogP contribution in [0.2, 0.25) is 0 Å². The Morgan fingerprint density at radius 3 is 2.29 bits per heavy atom. The normalized spacial score (nSPS) is 11.1. The number of ketones is 1. The van der Waals surface area contributed by atoms with E-state index in [1.165, 1.54) is 4.88 Å². The highest BCUT2D eigenvalue weighted by atomic mass is 32.1. The molecule has 0 amide bonds. The highest BCUT2D eigenvalue weighted by Crippen LogP contribution is 2.17. The number of nitrogens with zero attached hydrogens (tertiary/aromatic N) is 1. The molecule has 0 N–H and O–H groups in total. The maximum absolute atomic E-state index is 12.1. The van der Waals surface area contributed by atoms with E-state index in [9.17, 15) is 4.79 Å². The third kappa shape index (κ3) is 4.60. The molecule has 0 radical (unpaired) electrons. The largest absolute Gasteiger partial charge is 0.296 e. The second-order valence-corrected chi connectivity index (χ2v) is 5.49. The highest BCUT2D eigenvalue weighted by Gasteiger charge is 2.13. The van der Waals surface area contributed by atoms with Crippen molar-refractivity contribution in [1.82, 2.24) is 4.90 Å². The monoisotopic (exact) mass is 253 g/mol. The molecular formula is C14H23NOS. The molecular weight excluding hydrogens is 230 g/mol. The molecule has 3 heteroatoms. The molecule has 0 fully saturated rings. The Morgan fingerprint density at radius 2 is 1.82 bits per heavy atom. The SMILES string of the molecule is CCCN(CCC)CC(=O)c1ccc(CC)s1. The maximum Gasteiger partial charge on any atom is 0.186 e. The van der Waals surface area contributed by atoms with Crippen molar-refractivity contribution in [2.75, 3.05) is 19.6 Å².